The number of carbonyl (C=O) groups excluding carboxylic acids is 1. The van der Waals surface area contributed by atoms with Crippen LogP contribution in [0.3, 0.4) is 0 Å². The lowest BCUT2D eigenvalue weighted by molar-refractivity contribution is -0.134. The van der Waals surface area contributed by atoms with Gasteiger partial charge in [0.05, 0.1) is 0 Å². The molecule has 2 aromatic rings. The molecule has 0 atom stereocenters. The highest BCUT2D eigenvalue weighted by Gasteiger charge is 2.11. The van der Waals surface area contributed by atoms with E-state index in [0.29, 0.717) is 17.9 Å². The minimum absolute atomic E-state index is 0.201. The van der Waals surface area contributed by atoms with Crippen LogP contribution in [-0.4, -0.2) is 17.0 Å². The van der Waals surface area contributed by atoms with Crippen LogP contribution >= 0.6 is 22.6 Å². The van der Waals surface area contributed by atoms with Crippen molar-refractivity contribution >= 4 is 40.5 Å². The normalized spacial score (nSPS) is 11.0. The highest BCUT2D eigenvalue weighted by molar-refractivity contribution is 14.1. The predicted octanol–water partition coefficient (Wildman–Crippen LogP) is 3.43. The number of para-hydroxylation sites is 1. The molecule has 2 aromatic carbocycles. The Kier molecular flexibility index (Phi) is 6.36. The molecule has 0 aliphatic rings. The number of carbonyl (C=O) groups is 2. The molecule has 2 rings (SSSR count). The predicted molar refractivity (Wildman–Crippen MR) is 99.4 cm³/mol. The zero-order chi connectivity index (χ0) is 17.5. The number of rotatable bonds is 6. The maximum atomic E-state index is 11.2. The molecule has 0 bridgehead atoms. The summed E-state index contributed by atoms with van der Waals surface area (Å²) in [5.74, 6) is -1.11. The third-order valence-electron chi connectivity index (χ3n) is 3.10. The molecular weight excluding hydrogens is 421 g/mol. The lowest BCUT2D eigenvalue weighted by Gasteiger charge is -2.11. The molecule has 5 nitrogen and oxygen atoms in total. The molecule has 0 fully saturated rings. The van der Waals surface area contributed by atoms with Gasteiger partial charge >= 0.3 is 5.97 Å². The van der Waals surface area contributed by atoms with Crippen molar-refractivity contribution in [1.82, 2.24) is 5.32 Å². The van der Waals surface area contributed by atoms with E-state index in [-0.39, 0.29) is 5.70 Å². The van der Waals surface area contributed by atoms with E-state index >= 15 is 0 Å². The van der Waals surface area contributed by atoms with Crippen molar-refractivity contribution < 1.29 is 19.4 Å². The Bertz CT molecular complexity index is 786. The van der Waals surface area contributed by atoms with E-state index in [1.165, 1.54) is 13.0 Å². The largest absolute Gasteiger partial charge is 0.488 e. The van der Waals surface area contributed by atoms with Gasteiger partial charge in [-0.1, -0.05) is 36.4 Å². The van der Waals surface area contributed by atoms with Crippen molar-refractivity contribution in [2.24, 2.45) is 0 Å². The van der Waals surface area contributed by atoms with Crippen LogP contribution in [0.15, 0.2) is 54.2 Å². The van der Waals surface area contributed by atoms with E-state index in [1.54, 1.807) is 18.2 Å². The summed E-state index contributed by atoms with van der Waals surface area (Å²) >= 11 is 2.24. The smallest absolute Gasteiger partial charge is 0.352 e. The number of halogens is 1. The molecule has 0 radical (unpaired) electrons. The first-order valence-electron chi connectivity index (χ1n) is 7.15. The van der Waals surface area contributed by atoms with Gasteiger partial charge in [-0.25, -0.2) is 4.79 Å². The lowest BCUT2D eigenvalue weighted by Crippen LogP contribution is -2.24. The molecule has 0 aliphatic carbocycles. The van der Waals surface area contributed by atoms with Gasteiger partial charge in [0.15, 0.2) is 0 Å². The first-order chi connectivity index (χ1) is 11.5. The second-order valence-electron chi connectivity index (χ2n) is 4.96. The van der Waals surface area contributed by atoms with Gasteiger partial charge in [0.2, 0.25) is 5.91 Å². The fourth-order valence-corrected chi connectivity index (χ4v) is 2.54. The third-order valence-corrected chi connectivity index (χ3v) is 4.15. The molecule has 0 unspecified atom stereocenters. The van der Waals surface area contributed by atoms with Gasteiger partial charge in [-0.3, -0.25) is 4.79 Å². The Balaban J connectivity index is 2.25. The van der Waals surface area contributed by atoms with Crippen LogP contribution in [0.5, 0.6) is 5.75 Å². The van der Waals surface area contributed by atoms with E-state index in [9.17, 15) is 14.7 Å². The first-order valence-corrected chi connectivity index (χ1v) is 8.23. The number of amides is 1. The van der Waals surface area contributed by atoms with Crippen molar-refractivity contribution in [3.05, 3.63) is 68.9 Å². The summed E-state index contributed by atoms with van der Waals surface area (Å²) in [6.45, 7) is 1.63. The second kappa shape index (κ2) is 8.49. The van der Waals surface area contributed by atoms with Crippen molar-refractivity contribution in [2.45, 2.75) is 13.5 Å². The molecule has 0 spiro atoms. The summed E-state index contributed by atoms with van der Waals surface area (Å²) in [4.78, 5) is 22.4. The SMILES string of the molecule is CC(=O)N/C(=C/c1ccccc1OCc1ccccc1I)C(=O)O. The van der Waals surface area contributed by atoms with Gasteiger partial charge in [-0.15, -0.1) is 0 Å². The number of aliphatic carboxylic acids is 1. The summed E-state index contributed by atoms with van der Waals surface area (Å²) < 4.78 is 6.92. The molecule has 0 saturated carbocycles. The summed E-state index contributed by atoms with van der Waals surface area (Å²) in [5, 5.41) is 11.5. The van der Waals surface area contributed by atoms with Crippen LogP contribution in [-0.2, 0) is 16.2 Å². The molecule has 0 aromatic heterocycles. The van der Waals surface area contributed by atoms with Crippen molar-refractivity contribution in [2.75, 3.05) is 0 Å². The topological polar surface area (TPSA) is 75.6 Å². The Morgan fingerprint density at radius 3 is 2.50 bits per heavy atom. The average Bonchev–Trinajstić information content (AvgIpc) is 2.54. The molecule has 0 saturated heterocycles. The van der Waals surface area contributed by atoms with Crippen LogP contribution in [0.4, 0.5) is 0 Å². The van der Waals surface area contributed by atoms with E-state index in [2.05, 4.69) is 27.9 Å². The number of carboxylic acid groups (broad SMARTS) is 1. The number of benzene rings is 2. The number of nitrogens with one attached hydrogen (secondary N) is 1. The molecule has 6 heteroatoms. The highest BCUT2D eigenvalue weighted by Crippen LogP contribution is 2.23. The molecule has 0 heterocycles. The summed E-state index contributed by atoms with van der Waals surface area (Å²) in [6.07, 6.45) is 1.38. The standard InChI is InChI=1S/C18H16INO4/c1-12(21)20-16(18(22)23)10-13-6-3-5-9-17(13)24-11-14-7-2-4-8-15(14)19/h2-10H,11H2,1H3,(H,20,21)(H,22,23)/b16-10+. The summed E-state index contributed by atoms with van der Waals surface area (Å²) in [5.41, 5.74) is 1.42. The van der Waals surface area contributed by atoms with Crippen LogP contribution in [0.25, 0.3) is 6.08 Å². The third kappa shape index (κ3) is 5.09. The van der Waals surface area contributed by atoms with E-state index in [0.717, 1.165) is 9.13 Å². The second-order valence-corrected chi connectivity index (χ2v) is 6.12. The maximum Gasteiger partial charge on any atom is 0.352 e. The molecule has 24 heavy (non-hydrogen) atoms. The maximum absolute atomic E-state index is 11.2. The van der Waals surface area contributed by atoms with Crippen LogP contribution in [0, 0.1) is 3.57 Å². The Labute approximate surface area is 153 Å². The Hall–Kier alpha value is -2.35. The Morgan fingerprint density at radius 2 is 1.83 bits per heavy atom. The first kappa shape index (κ1) is 18.0. The van der Waals surface area contributed by atoms with E-state index < -0.39 is 11.9 Å². The summed E-state index contributed by atoms with van der Waals surface area (Å²) in [7, 11) is 0. The molecule has 0 aliphatic heterocycles. The van der Waals surface area contributed by atoms with Crippen molar-refractivity contribution in [1.29, 1.82) is 0 Å². The fourth-order valence-electron chi connectivity index (χ4n) is 2.00. The minimum atomic E-state index is -1.21. The monoisotopic (exact) mass is 437 g/mol. The average molecular weight is 437 g/mol. The molecule has 1 amide bonds. The zero-order valence-electron chi connectivity index (χ0n) is 13.0. The minimum Gasteiger partial charge on any atom is -0.488 e. The summed E-state index contributed by atoms with van der Waals surface area (Å²) in [6, 6.07) is 14.9. The van der Waals surface area contributed by atoms with Gasteiger partial charge in [-0.05, 0) is 40.8 Å². The van der Waals surface area contributed by atoms with Crippen LogP contribution in [0.2, 0.25) is 0 Å². The molecule has 2 N–H and O–H groups in total. The van der Waals surface area contributed by atoms with E-state index in [1.807, 2.05) is 30.3 Å². The number of ether oxygens (including phenoxy) is 1. The van der Waals surface area contributed by atoms with Crippen molar-refractivity contribution in [3.63, 3.8) is 0 Å². The fraction of sp³-hybridized carbons (Fsp3) is 0.111. The lowest BCUT2D eigenvalue weighted by atomic mass is 10.1. The van der Waals surface area contributed by atoms with Gasteiger partial charge in [0.1, 0.15) is 18.1 Å². The number of hydrogen-bond acceptors (Lipinski definition) is 3. The zero-order valence-corrected chi connectivity index (χ0v) is 15.1. The van der Waals surface area contributed by atoms with Gasteiger partial charge in [-0.2, -0.15) is 0 Å². The van der Waals surface area contributed by atoms with Crippen LogP contribution < -0.4 is 10.1 Å². The molecular formula is C18H16INO4. The van der Waals surface area contributed by atoms with Crippen molar-refractivity contribution in [3.8, 4) is 5.75 Å². The van der Waals surface area contributed by atoms with Crippen LogP contribution in [0.1, 0.15) is 18.1 Å². The quantitative estimate of drug-likeness (QED) is 0.537. The number of carboxylic acids is 1. The molecule has 124 valence electrons. The number of hydrogen-bond donors (Lipinski definition) is 2. The highest BCUT2D eigenvalue weighted by atomic mass is 127. The van der Waals surface area contributed by atoms with Gasteiger partial charge < -0.3 is 15.2 Å². The Morgan fingerprint density at radius 1 is 1.17 bits per heavy atom. The van der Waals surface area contributed by atoms with E-state index in [4.69, 9.17) is 4.74 Å². The van der Waals surface area contributed by atoms with Gasteiger partial charge in [0, 0.05) is 21.6 Å². The van der Waals surface area contributed by atoms with Gasteiger partial charge in [0.25, 0.3) is 0 Å².